The fourth-order valence-corrected chi connectivity index (χ4v) is 3.41. The summed E-state index contributed by atoms with van der Waals surface area (Å²) in [5, 5.41) is 5.78. The number of halogens is 1. The van der Waals surface area contributed by atoms with E-state index < -0.39 is 6.10 Å². The third-order valence-electron chi connectivity index (χ3n) is 4.96. The summed E-state index contributed by atoms with van der Waals surface area (Å²) in [5.41, 5.74) is 6.98. The van der Waals surface area contributed by atoms with Gasteiger partial charge in [-0.1, -0.05) is 12.8 Å². The average Bonchev–Trinajstić information content (AvgIpc) is 2.97. The zero-order chi connectivity index (χ0) is 18.4. The Labute approximate surface area is 166 Å². The van der Waals surface area contributed by atoms with Crippen LogP contribution in [-0.2, 0) is 9.53 Å². The fourth-order valence-electron chi connectivity index (χ4n) is 3.41. The van der Waals surface area contributed by atoms with E-state index >= 15 is 0 Å². The van der Waals surface area contributed by atoms with Gasteiger partial charge in [0.1, 0.15) is 6.10 Å². The van der Waals surface area contributed by atoms with Crippen LogP contribution in [0.1, 0.15) is 38.5 Å². The second kappa shape index (κ2) is 10.5. The molecule has 27 heavy (non-hydrogen) atoms. The average molecular weight is 397 g/mol. The quantitative estimate of drug-likeness (QED) is 0.728. The lowest BCUT2D eigenvalue weighted by atomic mass is 10.2. The second-order valence-electron chi connectivity index (χ2n) is 6.96. The van der Waals surface area contributed by atoms with Gasteiger partial charge in [-0.25, -0.2) is 4.79 Å². The van der Waals surface area contributed by atoms with E-state index in [0.717, 1.165) is 38.0 Å². The molecule has 0 spiro atoms. The van der Waals surface area contributed by atoms with Crippen LogP contribution >= 0.6 is 12.4 Å². The first kappa shape index (κ1) is 21.5. The van der Waals surface area contributed by atoms with Crippen molar-refractivity contribution in [1.29, 1.82) is 0 Å². The molecule has 2 aliphatic heterocycles. The van der Waals surface area contributed by atoms with E-state index in [4.69, 9.17) is 10.5 Å². The standard InChI is InChI=1S/C19H28N4O3.ClH/c20-13-16-9-10-17(26-16)18(24)21-14-5-7-15(8-6-14)22-19(25)23-11-3-1-2-4-12-23;/h5-8,16-17H,1-4,9-13,20H2,(H,21,24)(H,22,25);1H/t16-,17+;/m1./s1. The van der Waals surface area contributed by atoms with Crippen molar-refractivity contribution in [2.75, 3.05) is 30.3 Å². The van der Waals surface area contributed by atoms with Gasteiger partial charge in [0.25, 0.3) is 5.91 Å². The number of carbonyl (C=O) groups excluding carboxylic acids is 2. The molecule has 4 N–H and O–H groups in total. The van der Waals surface area contributed by atoms with Gasteiger partial charge >= 0.3 is 6.03 Å². The number of nitrogens with two attached hydrogens (primary N) is 1. The first-order valence-corrected chi connectivity index (χ1v) is 9.48. The van der Waals surface area contributed by atoms with Crippen molar-refractivity contribution < 1.29 is 14.3 Å². The normalized spacial score (nSPS) is 22.5. The number of amides is 3. The molecule has 0 unspecified atom stereocenters. The summed E-state index contributed by atoms with van der Waals surface area (Å²) in [5.74, 6) is -0.151. The number of rotatable bonds is 4. The van der Waals surface area contributed by atoms with Crippen LogP contribution in [0.3, 0.4) is 0 Å². The van der Waals surface area contributed by atoms with Crippen LogP contribution in [0.15, 0.2) is 24.3 Å². The Hall–Kier alpha value is -1.83. The Morgan fingerprint density at radius 1 is 1.00 bits per heavy atom. The van der Waals surface area contributed by atoms with E-state index in [0.29, 0.717) is 18.7 Å². The first-order chi connectivity index (χ1) is 12.7. The minimum Gasteiger partial charge on any atom is -0.364 e. The summed E-state index contributed by atoms with van der Waals surface area (Å²) >= 11 is 0. The number of nitrogens with one attached hydrogen (secondary N) is 2. The van der Waals surface area contributed by atoms with Crippen LogP contribution in [0.2, 0.25) is 0 Å². The van der Waals surface area contributed by atoms with E-state index in [1.54, 1.807) is 24.3 Å². The number of likely N-dealkylation sites (tertiary alicyclic amines) is 1. The van der Waals surface area contributed by atoms with Gasteiger partial charge in [0.2, 0.25) is 0 Å². The second-order valence-corrected chi connectivity index (χ2v) is 6.96. The molecule has 3 rings (SSSR count). The zero-order valence-corrected chi connectivity index (χ0v) is 16.3. The lowest BCUT2D eigenvalue weighted by Gasteiger charge is -2.21. The Balaban J connectivity index is 0.00000261. The molecule has 0 aliphatic carbocycles. The molecule has 7 nitrogen and oxygen atoms in total. The van der Waals surface area contributed by atoms with Crippen molar-refractivity contribution in [2.45, 2.75) is 50.7 Å². The van der Waals surface area contributed by atoms with Gasteiger partial charge in [0, 0.05) is 31.0 Å². The van der Waals surface area contributed by atoms with Crippen molar-refractivity contribution in [3.05, 3.63) is 24.3 Å². The molecular formula is C19H29ClN4O3. The third kappa shape index (κ3) is 6.09. The van der Waals surface area contributed by atoms with Gasteiger partial charge in [-0.15, -0.1) is 12.4 Å². The van der Waals surface area contributed by atoms with Crippen molar-refractivity contribution in [1.82, 2.24) is 4.90 Å². The summed E-state index contributed by atoms with van der Waals surface area (Å²) in [6.07, 6.45) is 5.55. The predicted octanol–water partition coefficient (Wildman–Crippen LogP) is 2.96. The minimum atomic E-state index is -0.439. The molecule has 0 bridgehead atoms. The van der Waals surface area contributed by atoms with E-state index in [1.807, 2.05) is 4.90 Å². The van der Waals surface area contributed by atoms with Crippen LogP contribution in [0.4, 0.5) is 16.2 Å². The van der Waals surface area contributed by atoms with E-state index in [-0.39, 0.29) is 30.4 Å². The monoisotopic (exact) mass is 396 g/mol. The SMILES string of the molecule is Cl.NC[C@H]1CC[C@@H](C(=O)Nc2ccc(NC(=O)N3CCCCCC3)cc2)O1. The Kier molecular flexibility index (Phi) is 8.34. The third-order valence-corrected chi connectivity index (χ3v) is 4.96. The topological polar surface area (TPSA) is 96.7 Å². The molecule has 2 atom stereocenters. The molecule has 2 aliphatic rings. The highest BCUT2D eigenvalue weighted by atomic mass is 35.5. The van der Waals surface area contributed by atoms with Gasteiger partial charge in [0.15, 0.2) is 0 Å². The van der Waals surface area contributed by atoms with Gasteiger partial charge in [-0.3, -0.25) is 4.79 Å². The smallest absolute Gasteiger partial charge is 0.321 e. The Morgan fingerprint density at radius 2 is 1.59 bits per heavy atom. The summed E-state index contributed by atoms with van der Waals surface area (Å²) in [6, 6.07) is 7.10. The highest BCUT2D eigenvalue weighted by Crippen LogP contribution is 2.21. The van der Waals surface area contributed by atoms with Crippen molar-refractivity contribution in [3.63, 3.8) is 0 Å². The summed E-state index contributed by atoms with van der Waals surface area (Å²) in [6.45, 7) is 2.06. The number of benzene rings is 1. The van der Waals surface area contributed by atoms with Crippen LogP contribution in [0, 0.1) is 0 Å². The molecule has 8 heteroatoms. The Bertz CT molecular complexity index is 618. The maximum atomic E-state index is 12.3. The van der Waals surface area contributed by atoms with Gasteiger partial charge in [0.05, 0.1) is 6.10 Å². The summed E-state index contributed by atoms with van der Waals surface area (Å²) in [7, 11) is 0. The summed E-state index contributed by atoms with van der Waals surface area (Å²) in [4.78, 5) is 26.4. The van der Waals surface area contributed by atoms with Crippen LogP contribution < -0.4 is 16.4 Å². The number of urea groups is 1. The van der Waals surface area contributed by atoms with Crippen molar-refractivity contribution >= 4 is 35.7 Å². The lowest BCUT2D eigenvalue weighted by Crippen LogP contribution is -2.35. The molecule has 0 saturated carbocycles. The minimum absolute atomic E-state index is 0. The maximum absolute atomic E-state index is 12.3. The maximum Gasteiger partial charge on any atom is 0.321 e. The molecule has 0 aromatic heterocycles. The molecule has 1 aromatic rings. The number of hydrogen-bond acceptors (Lipinski definition) is 4. The van der Waals surface area contributed by atoms with Gasteiger partial charge in [-0.05, 0) is 49.9 Å². The number of hydrogen-bond donors (Lipinski definition) is 3. The summed E-state index contributed by atoms with van der Waals surface area (Å²) < 4.78 is 5.60. The predicted molar refractivity (Wildman–Crippen MR) is 108 cm³/mol. The van der Waals surface area contributed by atoms with E-state index in [1.165, 1.54) is 12.8 Å². The molecule has 0 radical (unpaired) electrons. The largest absolute Gasteiger partial charge is 0.364 e. The lowest BCUT2D eigenvalue weighted by molar-refractivity contribution is -0.126. The van der Waals surface area contributed by atoms with Crippen molar-refractivity contribution in [3.8, 4) is 0 Å². The van der Waals surface area contributed by atoms with E-state index in [9.17, 15) is 9.59 Å². The number of anilines is 2. The Morgan fingerprint density at radius 3 is 2.15 bits per heavy atom. The van der Waals surface area contributed by atoms with Crippen LogP contribution in [0.5, 0.6) is 0 Å². The first-order valence-electron chi connectivity index (χ1n) is 9.48. The highest BCUT2D eigenvalue weighted by Gasteiger charge is 2.29. The molecule has 1 aromatic carbocycles. The zero-order valence-electron chi connectivity index (χ0n) is 15.5. The van der Waals surface area contributed by atoms with Gasteiger partial charge in [-0.2, -0.15) is 0 Å². The van der Waals surface area contributed by atoms with Crippen molar-refractivity contribution in [2.24, 2.45) is 5.73 Å². The molecule has 2 fully saturated rings. The van der Waals surface area contributed by atoms with Crippen LogP contribution in [-0.4, -0.2) is 48.7 Å². The highest BCUT2D eigenvalue weighted by molar-refractivity contribution is 5.95. The van der Waals surface area contributed by atoms with Crippen LogP contribution in [0.25, 0.3) is 0 Å². The fraction of sp³-hybridized carbons (Fsp3) is 0.579. The molecule has 150 valence electrons. The molecular weight excluding hydrogens is 368 g/mol. The molecule has 2 heterocycles. The number of carbonyl (C=O) groups is 2. The van der Waals surface area contributed by atoms with E-state index in [2.05, 4.69) is 10.6 Å². The molecule has 3 amide bonds. The number of ether oxygens (including phenoxy) is 1. The molecule has 2 saturated heterocycles. The van der Waals surface area contributed by atoms with Gasteiger partial charge < -0.3 is 26.0 Å². The number of nitrogens with zero attached hydrogens (tertiary/aromatic N) is 1.